The van der Waals surface area contributed by atoms with Gasteiger partial charge >= 0.3 is 0 Å². The molecule has 0 radical (unpaired) electrons. The fraction of sp³-hybridized carbons (Fsp3) is 0.0435. The Bertz CT molecular complexity index is 4480. The molecule has 1 aliphatic heterocycles. The molecular weight excluding hydrogens is 931 g/mol. The number of hydrogen-bond donors (Lipinski definition) is 1. The van der Waals surface area contributed by atoms with Gasteiger partial charge in [0.25, 0.3) is 0 Å². The summed E-state index contributed by atoms with van der Waals surface area (Å²) in [5.74, 6) is 1.52. The van der Waals surface area contributed by atoms with E-state index in [1.807, 2.05) is 11.3 Å². The van der Waals surface area contributed by atoms with E-state index in [9.17, 15) is 0 Å². The molecule has 4 heterocycles. The van der Waals surface area contributed by atoms with Gasteiger partial charge in [-0.1, -0.05) is 200 Å². The highest BCUT2D eigenvalue weighted by atomic mass is 32.1. The Morgan fingerprint density at radius 2 is 1.04 bits per heavy atom. The molecule has 5 nitrogen and oxygen atoms in total. The molecule has 1 aliphatic carbocycles. The van der Waals surface area contributed by atoms with Crippen LogP contribution in [0.1, 0.15) is 39.7 Å². The van der Waals surface area contributed by atoms with E-state index in [1.165, 1.54) is 80.9 Å². The molecule has 75 heavy (non-hydrogen) atoms. The van der Waals surface area contributed by atoms with Crippen molar-refractivity contribution in [2.24, 2.45) is 9.98 Å². The summed E-state index contributed by atoms with van der Waals surface area (Å²) >= 11 is 1.91. The molecule has 15 rings (SSSR count). The second kappa shape index (κ2) is 17.7. The van der Waals surface area contributed by atoms with Crippen LogP contribution in [0.15, 0.2) is 253 Å². The van der Waals surface area contributed by atoms with Crippen molar-refractivity contribution in [3.05, 3.63) is 270 Å². The SMILES string of the molecule is C1=Cc2c(sc3cccc(C4=NC(c5ccc(-c6ccccc6)cc5)=NC(c5ccccc5-n5c6ccccc6c6c(-c7cccc8c7c7ccc(-c9ccccc9)cc7n8-c7ccccc7)cccc65)N4)c23)CC1. The molecule has 13 aromatic rings. The van der Waals surface area contributed by atoms with Crippen LogP contribution < -0.4 is 5.32 Å². The number of aliphatic imine (C=N–C) groups is 2. The minimum absolute atomic E-state index is 0.462. The van der Waals surface area contributed by atoms with E-state index >= 15 is 0 Å². The zero-order chi connectivity index (χ0) is 49.4. The number of thiophene rings is 1. The van der Waals surface area contributed by atoms with Crippen molar-refractivity contribution in [3.8, 4) is 44.8 Å². The third-order valence-electron chi connectivity index (χ3n) is 15.3. The molecule has 0 fully saturated rings. The van der Waals surface area contributed by atoms with Crippen LogP contribution in [-0.4, -0.2) is 20.8 Å². The highest BCUT2D eigenvalue weighted by molar-refractivity contribution is 7.19. The van der Waals surface area contributed by atoms with Crippen LogP contribution in [0.4, 0.5) is 0 Å². The number of aromatic nitrogens is 2. The quantitative estimate of drug-likeness (QED) is 0.162. The average Bonchev–Trinajstić information content (AvgIpc) is 4.18. The topological polar surface area (TPSA) is 46.6 Å². The predicted molar refractivity (Wildman–Crippen MR) is 316 cm³/mol. The van der Waals surface area contributed by atoms with E-state index < -0.39 is 6.17 Å². The first-order valence-electron chi connectivity index (χ1n) is 25.8. The van der Waals surface area contributed by atoms with Gasteiger partial charge in [-0.25, -0.2) is 9.98 Å². The lowest BCUT2D eigenvalue weighted by Crippen LogP contribution is -2.34. The summed E-state index contributed by atoms with van der Waals surface area (Å²) < 4.78 is 6.17. The van der Waals surface area contributed by atoms with Gasteiger partial charge in [-0.15, -0.1) is 11.3 Å². The predicted octanol–water partition coefficient (Wildman–Crippen LogP) is 17.6. The minimum Gasteiger partial charge on any atom is -0.344 e. The summed E-state index contributed by atoms with van der Waals surface area (Å²) in [6, 6.07) is 85.7. The molecule has 1 N–H and O–H groups in total. The minimum atomic E-state index is -0.462. The van der Waals surface area contributed by atoms with Gasteiger partial charge in [0.05, 0.1) is 27.8 Å². The van der Waals surface area contributed by atoms with E-state index in [4.69, 9.17) is 9.98 Å². The fourth-order valence-electron chi connectivity index (χ4n) is 11.9. The Labute approximate surface area is 438 Å². The molecule has 2 aliphatic rings. The van der Waals surface area contributed by atoms with Crippen LogP contribution >= 0.6 is 11.3 Å². The van der Waals surface area contributed by atoms with Gasteiger partial charge in [-0.3, -0.25) is 0 Å². The van der Waals surface area contributed by atoms with Gasteiger partial charge in [0.1, 0.15) is 12.0 Å². The summed E-state index contributed by atoms with van der Waals surface area (Å²) in [6.07, 6.45) is 6.29. The molecule has 6 heteroatoms. The number of hydrogen-bond acceptors (Lipinski definition) is 4. The van der Waals surface area contributed by atoms with Crippen molar-refractivity contribution >= 4 is 82.8 Å². The number of amidine groups is 2. The van der Waals surface area contributed by atoms with E-state index in [2.05, 4.69) is 263 Å². The lowest BCUT2D eigenvalue weighted by Gasteiger charge is -2.26. The van der Waals surface area contributed by atoms with Crippen LogP contribution in [0.25, 0.3) is 105 Å². The highest BCUT2D eigenvalue weighted by Crippen LogP contribution is 2.46. The first-order chi connectivity index (χ1) is 37.2. The molecule has 354 valence electrons. The number of para-hydroxylation sites is 3. The molecule has 1 unspecified atom stereocenters. The van der Waals surface area contributed by atoms with Gasteiger partial charge in [0.2, 0.25) is 0 Å². The molecule has 0 bridgehead atoms. The van der Waals surface area contributed by atoms with Crippen molar-refractivity contribution < 1.29 is 0 Å². The number of allylic oxidation sites excluding steroid dienone is 1. The maximum absolute atomic E-state index is 5.56. The molecule has 0 amide bonds. The van der Waals surface area contributed by atoms with E-state index in [0.717, 1.165) is 63.3 Å². The van der Waals surface area contributed by atoms with Crippen LogP contribution in [0.2, 0.25) is 0 Å². The monoisotopic (exact) mass is 977 g/mol. The van der Waals surface area contributed by atoms with Crippen LogP contribution in [0.5, 0.6) is 0 Å². The van der Waals surface area contributed by atoms with Gasteiger partial charge in [-0.05, 0) is 100 Å². The van der Waals surface area contributed by atoms with Crippen molar-refractivity contribution in [2.75, 3.05) is 0 Å². The summed E-state index contributed by atoms with van der Waals surface area (Å²) in [5, 5.41) is 10.0. The summed E-state index contributed by atoms with van der Waals surface area (Å²) in [4.78, 5) is 12.4. The van der Waals surface area contributed by atoms with E-state index in [1.54, 1.807) is 0 Å². The second-order valence-electron chi connectivity index (χ2n) is 19.5. The van der Waals surface area contributed by atoms with Crippen molar-refractivity contribution in [2.45, 2.75) is 19.0 Å². The van der Waals surface area contributed by atoms with E-state index in [-0.39, 0.29) is 0 Å². The molecule has 1 atom stereocenters. The van der Waals surface area contributed by atoms with Crippen molar-refractivity contribution in [1.82, 2.24) is 14.5 Å². The Morgan fingerprint density at radius 1 is 0.453 bits per heavy atom. The zero-order valence-electron chi connectivity index (χ0n) is 40.9. The molecule has 10 aromatic carbocycles. The van der Waals surface area contributed by atoms with Gasteiger partial charge < -0.3 is 14.5 Å². The third-order valence-corrected chi connectivity index (χ3v) is 16.5. The van der Waals surface area contributed by atoms with Crippen LogP contribution in [0, 0.1) is 0 Å². The summed E-state index contributed by atoms with van der Waals surface area (Å²) in [6.45, 7) is 0. The molecule has 0 spiro atoms. The third kappa shape index (κ3) is 7.13. The zero-order valence-corrected chi connectivity index (χ0v) is 41.7. The molecule has 0 saturated heterocycles. The fourth-order valence-corrected chi connectivity index (χ4v) is 13.1. The number of fused-ring (bicyclic) bond motifs is 9. The molecular formula is C69H47N5S. The summed E-state index contributed by atoms with van der Waals surface area (Å²) in [7, 11) is 0. The first kappa shape index (κ1) is 43.2. The Kier molecular flexibility index (Phi) is 10.2. The normalized spacial score (nSPS) is 14.4. The van der Waals surface area contributed by atoms with E-state index in [0.29, 0.717) is 5.84 Å². The van der Waals surface area contributed by atoms with Gasteiger partial charge in [-0.2, -0.15) is 0 Å². The summed E-state index contributed by atoms with van der Waals surface area (Å²) in [5.41, 5.74) is 18.3. The Balaban J connectivity index is 0.920. The van der Waals surface area contributed by atoms with Crippen LogP contribution in [0.3, 0.4) is 0 Å². The number of nitrogens with one attached hydrogen (secondary N) is 1. The van der Waals surface area contributed by atoms with Crippen LogP contribution in [-0.2, 0) is 6.42 Å². The average molecular weight is 978 g/mol. The smallest absolute Gasteiger partial charge is 0.159 e. The largest absolute Gasteiger partial charge is 0.344 e. The number of nitrogens with zero attached hydrogens (tertiary/aromatic N) is 4. The lowest BCUT2D eigenvalue weighted by molar-refractivity contribution is 0.671. The lowest BCUT2D eigenvalue weighted by atomic mass is 9.95. The Morgan fingerprint density at radius 3 is 1.81 bits per heavy atom. The number of benzene rings is 10. The maximum Gasteiger partial charge on any atom is 0.159 e. The molecule has 0 saturated carbocycles. The number of aryl methyl sites for hydroxylation is 1. The Hall–Kier alpha value is -9.36. The number of rotatable bonds is 8. The van der Waals surface area contributed by atoms with Crippen molar-refractivity contribution in [1.29, 1.82) is 0 Å². The second-order valence-corrected chi connectivity index (χ2v) is 20.7. The standard InChI is InChI=1S/C69H47N5S/c1-4-19-44(20-5-1)46-37-39-47(40-38-46)67-70-68(72-69(71-67)56-30-18-36-63-66(56)55-27-12-15-35-62(55)75-63)54-26-11-14-32-58(54)74-57-31-13-10-25-52(57)64-50(29-17-34-60(64)74)51-28-16-33-59-65(51)53-42-41-48(45-21-6-2-7-22-45)43-61(53)73(59)49-23-8-3-9-24-49/h1-14,16-34,36-43,68H,15,35H2,(H,70,71,72). The van der Waals surface area contributed by atoms with Gasteiger partial charge in [0.15, 0.2) is 5.84 Å². The first-order valence-corrected chi connectivity index (χ1v) is 26.6. The van der Waals surface area contributed by atoms with Gasteiger partial charge in [0, 0.05) is 58.9 Å². The molecule has 3 aromatic heterocycles. The van der Waals surface area contributed by atoms with Crippen molar-refractivity contribution in [3.63, 3.8) is 0 Å². The maximum atomic E-state index is 5.56. The highest BCUT2D eigenvalue weighted by Gasteiger charge is 2.28.